The molecule has 1 saturated heterocycles. The van der Waals surface area contributed by atoms with Crippen LogP contribution < -0.4 is 4.74 Å². The Morgan fingerprint density at radius 1 is 1.12 bits per heavy atom. The Hall–Kier alpha value is -1.33. The van der Waals surface area contributed by atoms with E-state index in [9.17, 15) is 4.39 Å². The van der Waals surface area contributed by atoms with Crippen molar-refractivity contribution in [2.45, 2.75) is 58.7 Å². The molecule has 3 rings (SSSR count). The second-order valence-corrected chi connectivity index (χ2v) is 7.94. The van der Waals surface area contributed by atoms with Crippen LogP contribution in [0.25, 0.3) is 0 Å². The lowest BCUT2D eigenvalue weighted by Crippen LogP contribution is -2.41. The number of halogens is 1. The zero-order valence-electron chi connectivity index (χ0n) is 15.2. The van der Waals surface area contributed by atoms with Gasteiger partial charge in [0.25, 0.3) is 0 Å². The van der Waals surface area contributed by atoms with Gasteiger partial charge in [0.05, 0.1) is 17.8 Å². The number of rotatable bonds is 4. The van der Waals surface area contributed by atoms with Gasteiger partial charge in [-0.3, -0.25) is 0 Å². The average Bonchev–Trinajstić information content (AvgIpc) is 2.67. The van der Waals surface area contributed by atoms with Gasteiger partial charge in [0.2, 0.25) is 0 Å². The first-order chi connectivity index (χ1) is 11.2. The quantitative estimate of drug-likeness (QED) is 0.752. The summed E-state index contributed by atoms with van der Waals surface area (Å²) < 4.78 is 31.9. The van der Waals surface area contributed by atoms with Gasteiger partial charge in [0.1, 0.15) is 11.5 Å². The van der Waals surface area contributed by atoms with Gasteiger partial charge in [-0.25, -0.2) is 4.39 Å². The largest absolute Gasteiger partial charge is 0.525 e. The van der Waals surface area contributed by atoms with Crippen LogP contribution in [0.1, 0.15) is 46.1 Å². The van der Waals surface area contributed by atoms with Crippen molar-refractivity contribution in [3.63, 3.8) is 0 Å². The molecule has 1 saturated carbocycles. The van der Waals surface area contributed by atoms with Gasteiger partial charge in [0, 0.05) is 5.92 Å². The van der Waals surface area contributed by atoms with Crippen molar-refractivity contribution in [2.75, 3.05) is 6.61 Å². The highest BCUT2D eigenvalue weighted by atomic mass is 19.1. The Bertz CT molecular complexity index is 613. The van der Waals surface area contributed by atoms with E-state index in [-0.39, 0.29) is 5.73 Å². The van der Waals surface area contributed by atoms with Gasteiger partial charge < -0.3 is 14.0 Å². The fourth-order valence-corrected chi connectivity index (χ4v) is 2.91. The molecule has 24 heavy (non-hydrogen) atoms. The molecule has 0 atom stereocenters. The van der Waals surface area contributed by atoms with Crippen molar-refractivity contribution in [1.82, 2.24) is 0 Å². The molecule has 1 aliphatic carbocycles. The fraction of sp³-hybridized carbons (Fsp3) is 0.579. The van der Waals surface area contributed by atoms with Crippen molar-refractivity contribution < 1.29 is 18.4 Å². The molecule has 2 fully saturated rings. The molecule has 3 nitrogen and oxygen atoms in total. The lowest BCUT2D eigenvalue weighted by molar-refractivity contribution is 0.00578. The van der Waals surface area contributed by atoms with Gasteiger partial charge in [-0.1, -0.05) is 17.7 Å². The molecule has 1 aliphatic heterocycles. The molecule has 0 amide bonds. The Balaban J connectivity index is 1.52. The molecule has 1 heterocycles. The Kier molecular flexibility index (Phi) is 4.52. The van der Waals surface area contributed by atoms with E-state index in [1.54, 1.807) is 0 Å². The first-order valence-electron chi connectivity index (χ1n) is 8.60. The topological polar surface area (TPSA) is 27.7 Å². The van der Waals surface area contributed by atoms with E-state index in [2.05, 4.69) is 0 Å². The number of ether oxygens (including phenoxy) is 1. The molecule has 5 heteroatoms. The van der Waals surface area contributed by atoms with Crippen LogP contribution in [0.3, 0.4) is 0 Å². The molecule has 0 N–H and O–H groups in total. The van der Waals surface area contributed by atoms with E-state index >= 15 is 0 Å². The minimum absolute atomic E-state index is 0.250. The molecule has 1 aromatic rings. The Morgan fingerprint density at radius 2 is 1.67 bits per heavy atom. The van der Waals surface area contributed by atoms with E-state index in [1.807, 2.05) is 58.9 Å². The minimum Gasteiger partial charge on any atom is -0.493 e. The monoisotopic (exact) mass is 332 g/mol. The molecule has 0 spiro atoms. The summed E-state index contributed by atoms with van der Waals surface area (Å²) in [5.41, 5.74) is 0.743. The lowest BCUT2D eigenvalue weighted by atomic mass is 9.73. The number of hydrogen-bond donors (Lipinski definition) is 0. The van der Waals surface area contributed by atoms with Crippen LogP contribution in [0.5, 0.6) is 5.75 Å². The number of hydrogen-bond acceptors (Lipinski definition) is 3. The summed E-state index contributed by atoms with van der Waals surface area (Å²) >= 11 is 0. The molecule has 0 radical (unpaired) electrons. The SMILES string of the molecule is Cc1ccc(OCC2CC(=C(F)B3OC(C)(C)C(C)(C)O3)C2)cc1. The zero-order chi connectivity index (χ0) is 17.5. The summed E-state index contributed by atoms with van der Waals surface area (Å²) in [4.78, 5) is 0. The predicted octanol–water partition coefficient (Wildman–Crippen LogP) is 4.64. The van der Waals surface area contributed by atoms with Crippen LogP contribution in [-0.2, 0) is 9.31 Å². The van der Waals surface area contributed by atoms with Gasteiger partial charge in [-0.15, -0.1) is 0 Å². The number of allylic oxidation sites excluding steroid dienone is 1. The van der Waals surface area contributed by atoms with Crippen molar-refractivity contribution in [3.8, 4) is 5.75 Å². The predicted molar refractivity (Wildman–Crippen MR) is 93.6 cm³/mol. The van der Waals surface area contributed by atoms with Crippen molar-refractivity contribution in [1.29, 1.82) is 0 Å². The number of aryl methyl sites for hydroxylation is 1. The highest BCUT2D eigenvalue weighted by Gasteiger charge is 2.54. The molecule has 130 valence electrons. The first-order valence-corrected chi connectivity index (χ1v) is 8.60. The maximum Gasteiger partial charge on any atom is 0.525 e. The molecule has 0 unspecified atom stereocenters. The van der Waals surface area contributed by atoms with E-state index < -0.39 is 18.3 Å². The van der Waals surface area contributed by atoms with Crippen LogP contribution in [0.4, 0.5) is 4.39 Å². The first kappa shape index (κ1) is 17.5. The van der Waals surface area contributed by atoms with Gasteiger partial charge >= 0.3 is 7.12 Å². The molecular formula is C19H26BFO3. The lowest BCUT2D eigenvalue weighted by Gasteiger charge is -2.32. The van der Waals surface area contributed by atoms with Crippen LogP contribution in [0.15, 0.2) is 35.6 Å². The van der Waals surface area contributed by atoms with E-state index in [0.29, 0.717) is 25.4 Å². The standard InChI is InChI=1S/C19H26BFO3/c1-13-6-8-16(9-7-13)22-12-14-10-15(11-14)17(21)20-23-18(2,3)19(4,5)24-20/h6-9,14H,10-12H2,1-5H3. The summed E-state index contributed by atoms with van der Waals surface area (Å²) in [5.74, 6) is 1.22. The van der Waals surface area contributed by atoms with Crippen molar-refractivity contribution in [3.05, 3.63) is 41.1 Å². The van der Waals surface area contributed by atoms with Crippen molar-refractivity contribution >= 4 is 7.12 Å². The zero-order valence-corrected chi connectivity index (χ0v) is 15.2. The highest BCUT2D eigenvalue weighted by molar-refractivity contribution is 6.53. The van der Waals surface area contributed by atoms with Crippen LogP contribution in [0.2, 0.25) is 0 Å². The summed E-state index contributed by atoms with van der Waals surface area (Å²) in [7, 11) is -0.871. The Labute approximate surface area is 144 Å². The summed E-state index contributed by atoms with van der Waals surface area (Å²) in [5, 5.41) is 0. The fourth-order valence-electron chi connectivity index (χ4n) is 2.91. The van der Waals surface area contributed by atoms with Crippen LogP contribution >= 0.6 is 0 Å². The molecule has 1 aromatic carbocycles. The smallest absolute Gasteiger partial charge is 0.493 e. The van der Waals surface area contributed by atoms with Gasteiger partial charge in [-0.05, 0) is 65.2 Å². The molecular weight excluding hydrogens is 306 g/mol. The minimum atomic E-state index is -0.871. The van der Waals surface area contributed by atoms with E-state index in [1.165, 1.54) is 5.56 Å². The van der Waals surface area contributed by atoms with E-state index in [4.69, 9.17) is 14.0 Å². The third-order valence-corrected chi connectivity index (χ3v) is 5.37. The van der Waals surface area contributed by atoms with Crippen LogP contribution in [0, 0.1) is 12.8 Å². The van der Waals surface area contributed by atoms with Gasteiger partial charge in [0.15, 0.2) is 0 Å². The second kappa shape index (κ2) is 6.19. The van der Waals surface area contributed by atoms with Crippen LogP contribution in [-0.4, -0.2) is 24.9 Å². The maximum absolute atomic E-state index is 14.6. The summed E-state index contributed by atoms with van der Waals surface area (Å²) in [6.45, 7) is 10.4. The summed E-state index contributed by atoms with van der Waals surface area (Å²) in [6.07, 6.45) is 1.42. The summed E-state index contributed by atoms with van der Waals surface area (Å²) in [6, 6.07) is 7.99. The second-order valence-electron chi connectivity index (χ2n) is 7.94. The molecule has 0 bridgehead atoms. The van der Waals surface area contributed by atoms with E-state index in [0.717, 1.165) is 11.3 Å². The highest BCUT2D eigenvalue weighted by Crippen LogP contribution is 2.43. The van der Waals surface area contributed by atoms with Crippen molar-refractivity contribution in [2.24, 2.45) is 5.92 Å². The van der Waals surface area contributed by atoms with Gasteiger partial charge in [-0.2, -0.15) is 0 Å². The Morgan fingerprint density at radius 3 is 2.21 bits per heavy atom. The normalized spacial score (nSPS) is 24.7. The third kappa shape index (κ3) is 3.38. The maximum atomic E-state index is 14.6. The number of benzene rings is 1. The third-order valence-electron chi connectivity index (χ3n) is 5.37. The molecule has 0 aromatic heterocycles. The molecule has 2 aliphatic rings. The average molecular weight is 332 g/mol.